The van der Waals surface area contributed by atoms with E-state index in [1.807, 2.05) is 0 Å². The van der Waals surface area contributed by atoms with E-state index in [-0.39, 0.29) is 5.41 Å². The summed E-state index contributed by atoms with van der Waals surface area (Å²) in [7, 11) is 0. The Kier molecular flexibility index (Phi) is 1.49. The van der Waals surface area contributed by atoms with Gasteiger partial charge in [-0.3, -0.25) is 0 Å². The fourth-order valence-electron chi connectivity index (χ4n) is 2.18. The largest absolute Gasteiger partial charge is 0.456 e. The van der Waals surface area contributed by atoms with Crippen molar-refractivity contribution in [3.8, 4) is 0 Å². The van der Waals surface area contributed by atoms with E-state index in [0.29, 0.717) is 0 Å². The molecule has 0 amide bonds. The highest BCUT2D eigenvalue weighted by Gasteiger charge is 2.23. The molecule has 76 valence electrons. The standard InChI is InChI=1S/C14H14O/c1-14(2,3)11-8-12-9-6-4-5-7-10(9)13(11)15-12/h4-8H,1-3H3. The van der Waals surface area contributed by atoms with Crippen molar-refractivity contribution in [2.45, 2.75) is 26.2 Å². The monoisotopic (exact) mass is 198 g/mol. The number of fused-ring (bicyclic) bond motifs is 5. The zero-order valence-corrected chi connectivity index (χ0v) is 9.29. The summed E-state index contributed by atoms with van der Waals surface area (Å²) >= 11 is 0. The van der Waals surface area contributed by atoms with E-state index < -0.39 is 0 Å². The molecule has 0 fully saturated rings. The molecule has 0 unspecified atom stereocenters. The summed E-state index contributed by atoms with van der Waals surface area (Å²) in [5.41, 5.74) is 3.56. The maximum atomic E-state index is 5.82. The molecule has 0 aliphatic rings. The van der Waals surface area contributed by atoms with Gasteiger partial charge >= 0.3 is 0 Å². The number of rotatable bonds is 0. The lowest BCUT2D eigenvalue weighted by atomic mass is 9.86. The molecule has 1 aromatic carbocycles. The maximum Gasteiger partial charge on any atom is 0.139 e. The normalized spacial score (nSPS) is 13.0. The van der Waals surface area contributed by atoms with E-state index >= 15 is 0 Å². The van der Waals surface area contributed by atoms with Gasteiger partial charge in [-0.1, -0.05) is 45.0 Å². The third-order valence-electron chi connectivity index (χ3n) is 2.98. The van der Waals surface area contributed by atoms with Crippen LogP contribution in [0, 0.1) is 0 Å². The highest BCUT2D eigenvalue weighted by molar-refractivity contribution is 6.08. The van der Waals surface area contributed by atoms with Crippen molar-refractivity contribution in [1.29, 1.82) is 0 Å². The molecule has 0 aliphatic heterocycles. The van der Waals surface area contributed by atoms with Gasteiger partial charge in [0.1, 0.15) is 11.2 Å². The van der Waals surface area contributed by atoms with Gasteiger partial charge in [0.15, 0.2) is 0 Å². The van der Waals surface area contributed by atoms with Crippen LogP contribution >= 0.6 is 0 Å². The average molecular weight is 198 g/mol. The SMILES string of the molecule is CC(C)(C)c1cc2oc1c1ccccc21. The Hall–Kier alpha value is -1.50. The number of hydrogen-bond donors (Lipinski definition) is 0. The third-order valence-corrected chi connectivity index (χ3v) is 2.98. The summed E-state index contributed by atoms with van der Waals surface area (Å²) < 4.78 is 5.82. The second-order valence-corrected chi connectivity index (χ2v) is 5.15. The summed E-state index contributed by atoms with van der Waals surface area (Å²) in [5.74, 6) is 0. The van der Waals surface area contributed by atoms with Crippen molar-refractivity contribution >= 4 is 21.9 Å². The summed E-state index contributed by atoms with van der Waals surface area (Å²) in [6.07, 6.45) is 0. The van der Waals surface area contributed by atoms with Crippen LogP contribution in [0.5, 0.6) is 0 Å². The molecular formula is C14H14O. The van der Waals surface area contributed by atoms with E-state index in [1.54, 1.807) is 0 Å². The van der Waals surface area contributed by atoms with E-state index in [0.717, 1.165) is 11.2 Å². The Morgan fingerprint density at radius 1 is 1.00 bits per heavy atom. The summed E-state index contributed by atoms with van der Waals surface area (Å²) in [6, 6.07) is 10.6. The first kappa shape index (κ1) is 8.78. The molecule has 1 nitrogen and oxygen atoms in total. The van der Waals surface area contributed by atoms with Crippen LogP contribution in [0.25, 0.3) is 21.9 Å². The second-order valence-electron chi connectivity index (χ2n) is 5.15. The molecule has 0 spiro atoms. The predicted molar refractivity (Wildman–Crippen MR) is 63.6 cm³/mol. The quantitative estimate of drug-likeness (QED) is 0.524. The number of hydrogen-bond acceptors (Lipinski definition) is 1. The summed E-state index contributed by atoms with van der Waals surface area (Å²) in [5, 5.41) is 2.49. The van der Waals surface area contributed by atoms with Gasteiger partial charge in [-0.25, -0.2) is 0 Å². The molecule has 3 aromatic rings. The van der Waals surface area contributed by atoms with Gasteiger partial charge < -0.3 is 4.42 Å². The van der Waals surface area contributed by atoms with E-state index in [2.05, 4.69) is 51.1 Å². The molecule has 0 aliphatic carbocycles. The van der Waals surface area contributed by atoms with Gasteiger partial charge in [-0.05, 0) is 11.5 Å². The molecule has 2 heterocycles. The van der Waals surface area contributed by atoms with Crippen LogP contribution in [0.2, 0.25) is 0 Å². The molecule has 1 heteroatoms. The minimum atomic E-state index is 0.157. The lowest BCUT2D eigenvalue weighted by molar-refractivity contribution is 0.586. The molecule has 2 aromatic heterocycles. The zero-order valence-electron chi connectivity index (χ0n) is 9.29. The van der Waals surface area contributed by atoms with Crippen LogP contribution in [-0.2, 0) is 5.41 Å². The topological polar surface area (TPSA) is 13.1 Å². The Balaban J connectivity index is 2.44. The first-order chi connectivity index (χ1) is 7.07. The number of benzene rings is 2. The molecule has 0 saturated carbocycles. The van der Waals surface area contributed by atoms with Gasteiger partial charge in [-0.2, -0.15) is 0 Å². The maximum absolute atomic E-state index is 5.82. The Morgan fingerprint density at radius 2 is 1.67 bits per heavy atom. The van der Waals surface area contributed by atoms with Gasteiger partial charge in [-0.15, -0.1) is 0 Å². The van der Waals surface area contributed by atoms with E-state index in [4.69, 9.17) is 4.42 Å². The van der Waals surface area contributed by atoms with Crippen LogP contribution in [0.15, 0.2) is 34.7 Å². The summed E-state index contributed by atoms with van der Waals surface area (Å²) in [4.78, 5) is 0. The third kappa shape index (κ3) is 1.09. The fraction of sp³-hybridized carbons (Fsp3) is 0.286. The Morgan fingerprint density at radius 3 is 2.33 bits per heavy atom. The van der Waals surface area contributed by atoms with E-state index in [1.165, 1.54) is 16.3 Å². The van der Waals surface area contributed by atoms with Crippen molar-refractivity contribution in [2.24, 2.45) is 0 Å². The molecule has 0 N–H and O–H groups in total. The lowest BCUT2D eigenvalue weighted by Crippen LogP contribution is -2.10. The average Bonchev–Trinajstić information content (AvgIpc) is 2.74. The molecule has 15 heavy (non-hydrogen) atoms. The summed E-state index contributed by atoms with van der Waals surface area (Å²) in [6.45, 7) is 6.66. The molecule has 0 atom stereocenters. The van der Waals surface area contributed by atoms with Crippen molar-refractivity contribution in [3.05, 3.63) is 35.9 Å². The molecule has 3 rings (SSSR count). The molecular weight excluding hydrogens is 184 g/mol. The highest BCUT2D eigenvalue weighted by Crippen LogP contribution is 2.39. The van der Waals surface area contributed by atoms with Crippen molar-refractivity contribution < 1.29 is 4.42 Å². The Labute approximate surface area is 89.0 Å². The van der Waals surface area contributed by atoms with E-state index in [9.17, 15) is 0 Å². The van der Waals surface area contributed by atoms with Gasteiger partial charge in [0.05, 0.1) is 0 Å². The minimum Gasteiger partial charge on any atom is -0.456 e. The zero-order chi connectivity index (χ0) is 10.6. The first-order valence-electron chi connectivity index (χ1n) is 5.31. The van der Waals surface area contributed by atoms with Crippen LogP contribution in [-0.4, -0.2) is 0 Å². The first-order valence-corrected chi connectivity index (χ1v) is 5.31. The molecule has 0 saturated heterocycles. The molecule has 0 radical (unpaired) electrons. The second kappa shape index (κ2) is 2.54. The minimum absolute atomic E-state index is 0.157. The van der Waals surface area contributed by atoms with Gasteiger partial charge in [0.2, 0.25) is 0 Å². The van der Waals surface area contributed by atoms with Crippen LogP contribution in [0.4, 0.5) is 0 Å². The van der Waals surface area contributed by atoms with Crippen molar-refractivity contribution in [1.82, 2.24) is 0 Å². The van der Waals surface area contributed by atoms with Crippen molar-refractivity contribution in [3.63, 3.8) is 0 Å². The predicted octanol–water partition coefficient (Wildman–Crippen LogP) is 4.32. The fourth-order valence-corrected chi connectivity index (χ4v) is 2.18. The van der Waals surface area contributed by atoms with Gasteiger partial charge in [0.25, 0.3) is 0 Å². The van der Waals surface area contributed by atoms with Crippen LogP contribution in [0.1, 0.15) is 26.3 Å². The lowest BCUT2D eigenvalue weighted by Gasteiger charge is -2.17. The highest BCUT2D eigenvalue weighted by atomic mass is 16.3. The Bertz CT molecular complexity index is 610. The smallest absolute Gasteiger partial charge is 0.139 e. The number of furan rings is 2. The van der Waals surface area contributed by atoms with Gasteiger partial charge in [0, 0.05) is 16.3 Å². The molecule has 2 bridgehead atoms. The van der Waals surface area contributed by atoms with Crippen molar-refractivity contribution in [2.75, 3.05) is 0 Å². The van der Waals surface area contributed by atoms with Crippen LogP contribution < -0.4 is 0 Å². The van der Waals surface area contributed by atoms with Crippen LogP contribution in [0.3, 0.4) is 0 Å².